The van der Waals surface area contributed by atoms with Crippen LogP contribution in [0, 0.1) is 5.39 Å². The molecule has 0 fully saturated rings. The Balaban J connectivity index is 2.20. The number of aliphatic hydroxyl groups is 1. The van der Waals surface area contributed by atoms with Gasteiger partial charge in [0.15, 0.2) is 4.98 Å². The fraction of sp³-hybridized carbons (Fsp3) is 0. The molecule has 0 spiro atoms. The number of ketones is 1. The second kappa shape index (κ2) is 3.79. The van der Waals surface area contributed by atoms with Crippen LogP contribution in [-0.2, 0) is 0 Å². The number of hydrogen-bond donors (Lipinski definition) is 1. The summed E-state index contributed by atoms with van der Waals surface area (Å²) in [4.78, 5) is 15.7. The maximum absolute atomic E-state index is 11.8. The summed E-state index contributed by atoms with van der Waals surface area (Å²) in [6, 6.07) is 9.08. The van der Waals surface area contributed by atoms with Gasteiger partial charge in [-0.15, -0.1) is 11.3 Å². The van der Waals surface area contributed by atoms with E-state index in [9.17, 15) is 9.90 Å². The molecule has 1 aromatic heterocycles. The molecular formula is C13H7N2O2S+. The molecule has 1 aliphatic carbocycles. The highest BCUT2D eigenvalue weighted by molar-refractivity contribution is 7.13. The van der Waals surface area contributed by atoms with Crippen molar-refractivity contribution in [3.8, 4) is 10.4 Å². The summed E-state index contributed by atoms with van der Waals surface area (Å²) in [6.45, 7) is 0. The number of nitrogens with zero attached hydrogens (tertiary/aromatic N) is 2. The first-order valence-corrected chi connectivity index (χ1v) is 6.11. The van der Waals surface area contributed by atoms with Crippen molar-refractivity contribution in [1.29, 1.82) is 5.39 Å². The van der Waals surface area contributed by atoms with Crippen molar-refractivity contribution in [3.05, 3.63) is 57.5 Å². The predicted molar refractivity (Wildman–Crippen MR) is 68.7 cm³/mol. The number of fused-ring (bicyclic) bond motifs is 1. The van der Waals surface area contributed by atoms with Gasteiger partial charge in [-0.05, 0) is 29.1 Å². The lowest BCUT2D eigenvalue weighted by Crippen LogP contribution is -1.95. The molecule has 2 aromatic rings. The van der Waals surface area contributed by atoms with Crippen LogP contribution in [0.4, 0.5) is 0 Å². The van der Waals surface area contributed by atoms with E-state index in [-0.39, 0.29) is 11.5 Å². The third kappa shape index (κ3) is 1.36. The van der Waals surface area contributed by atoms with Crippen molar-refractivity contribution in [2.75, 3.05) is 0 Å². The molecule has 86 valence electrons. The number of aliphatic hydroxyl groups excluding tert-OH is 1. The maximum Gasteiger partial charge on any atom is 0.473 e. The Kier molecular flexibility index (Phi) is 2.25. The Hall–Kier alpha value is -2.45. The SMILES string of the molecule is N#[N+]C1=C(O)c2cc(-c3cccs3)ccc2C1=O. The van der Waals surface area contributed by atoms with Gasteiger partial charge in [-0.2, -0.15) is 0 Å². The molecule has 1 aliphatic rings. The third-order valence-corrected chi connectivity index (χ3v) is 3.78. The summed E-state index contributed by atoms with van der Waals surface area (Å²) in [6.07, 6.45) is 0. The first kappa shape index (κ1) is 10.7. The van der Waals surface area contributed by atoms with Gasteiger partial charge in [0, 0.05) is 16.0 Å². The number of carbonyl (C=O) groups excluding carboxylic acids is 1. The quantitative estimate of drug-likeness (QED) is 0.790. The van der Waals surface area contributed by atoms with E-state index in [4.69, 9.17) is 5.39 Å². The zero-order valence-corrected chi connectivity index (χ0v) is 9.94. The van der Waals surface area contributed by atoms with E-state index in [0.717, 1.165) is 10.4 Å². The van der Waals surface area contributed by atoms with Gasteiger partial charge < -0.3 is 5.11 Å². The summed E-state index contributed by atoms with van der Waals surface area (Å²) in [5.41, 5.74) is 1.40. The number of hydrogen-bond acceptors (Lipinski definition) is 4. The van der Waals surface area contributed by atoms with Gasteiger partial charge in [0.2, 0.25) is 11.2 Å². The molecule has 1 aromatic carbocycles. The number of Topliss-reactive ketones (excluding diaryl/α,β-unsaturated/α-hetero) is 1. The number of rotatable bonds is 1. The van der Waals surface area contributed by atoms with Gasteiger partial charge in [-0.3, -0.25) is 4.79 Å². The molecule has 0 amide bonds. The zero-order chi connectivity index (χ0) is 12.7. The fourth-order valence-electron chi connectivity index (χ4n) is 1.99. The van der Waals surface area contributed by atoms with Crippen LogP contribution in [-0.4, -0.2) is 10.9 Å². The highest BCUT2D eigenvalue weighted by atomic mass is 32.1. The molecule has 0 saturated heterocycles. The first-order chi connectivity index (χ1) is 8.72. The van der Waals surface area contributed by atoms with Crippen LogP contribution in [0.1, 0.15) is 15.9 Å². The number of carbonyl (C=O) groups is 1. The van der Waals surface area contributed by atoms with Crippen LogP contribution in [0.3, 0.4) is 0 Å². The molecule has 0 radical (unpaired) electrons. The molecule has 0 aliphatic heterocycles. The van der Waals surface area contributed by atoms with E-state index in [1.54, 1.807) is 23.5 Å². The van der Waals surface area contributed by atoms with E-state index >= 15 is 0 Å². The van der Waals surface area contributed by atoms with Crippen molar-refractivity contribution in [1.82, 2.24) is 0 Å². The Morgan fingerprint density at radius 1 is 1.22 bits per heavy atom. The summed E-state index contributed by atoms with van der Waals surface area (Å²) in [5.74, 6) is -0.723. The highest BCUT2D eigenvalue weighted by Gasteiger charge is 2.40. The minimum Gasteiger partial charge on any atom is -0.501 e. The lowest BCUT2D eigenvalue weighted by atomic mass is 10.0. The van der Waals surface area contributed by atoms with Crippen LogP contribution in [0.2, 0.25) is 0 Å². The van der Waals surface area contributed by atoms with Gasteiger partial charge in [-0.25, -0.2) is 0 Å². The highest BCUT2D eigenvalue weighted by Crippen LogP contribution is 2.35. The van der Waals surface area contributed by atoms with Gasteiger partial charge >= 0.3 is 5.70 Å². The Morgan fingerprint density at radius 2 is 2.06 bits per heavy atom. The van der Waals surface area contributed by atoms with E-state index < -0.39 is 5.78 Å². The van der Waals surface area contributed by atoms with Crippen LogP contribution in [0.25, 0.3) is 21.2 Å². The average Bonchev–Trinajstić information content (AvgIpc) is 2.98. The summed E-state index contributed by atoms with van der Waals surface area (Å²) >= 11 is 1.57. The molecule has 0 atom stereocenters. The number of allylic oxidation sites excluding steroid dienone is 1. The van der Waals surface area contributed by atoms with E-state index in [1.807, 2.05) is 23.6 Å². The summed E-state index contributed by atoms with van der Waals surface area (Å²) in [7, 11) is 0. The van der Waals surface area contributed by atoms with Crippen LogP contribution in [0.15, 0.2) is 41.4 Å². The fourth-order valence-corrected chi connectivity index (χ4v) is 2.71. The second-order valence-electron chi connectivity index (χ2n) is 3.86. The van der Waals surface area contributed by atoms with Gasteiger partial charge in [0.25, 0.3) is 5.78 Å². The molecule has 0 bridgehead atoms. The Morgan fingerprint density at radius 3 is 2.72 bits per heavy atom. The molecule has 5 heteroatoms. The minimum absolute atomic E-state index is 0.268. The molecule has 1 heterocycles. The molecule has 18 heavy (non-hydrogen) atoms. The maximum atomic E-state index is 11.8. The number of diazo groups is 1. The van der Waals surface area contributed by atoms with Gasteiger partial charge in [0.1, 0.15) is 0 Å². The van der Waals surface area contributed by atoms with Crippen molar-refractivity contribution in [3.63, 3.8) is 0 Å². The molecule has 0 saturated carbocycles. The van der Waals surface area contributed by atoms with E-state index in [1.165, 1.54) is 0 Å². The van der Waals surface area contributed by atoms with E-state index in [0.29, 0.717) is 11.1 Å². The topological polar surface area (TPSA) is 65.4 Å². The molecular weight excluding hydrogens is 248 g/mol. The molecule has 1 N–H and O–H groups in total. The lowest BCUT2D eigenvalue weighted by molar-refractivity contribution is 0.104. The van der Waals surface area contributed by atoms with E-state index in [2.05, 4.69) is 4.98 Å². The van der Waals surface area contributed by atoms with Crippen molar-refractivity contribution in [2.45, 2.75) is 0 Å². The van der Waals surface area contributed by atoms with Crippen LogP contribution in [0.5, 0.6) is 0 Å². The smallest absolute Gasteiger partial charge is 0.473 e. The first-order valence-electron chi connectivity index (χ1n) is 5.23. The standard InChI is InChI=1S/C13H6N2O2S/c14-15-11-12(16)8-4-3-7(6-9(8)13(11)17)10-2-1-5-18-10/h1-6H/p+1. The molecule has 4 nitrogen and oxygen atoms in total. The normalized spacial score (nSPS) is 13.6. The number of benzene rings is 1. The Labute approximate surface area is 106 Å². The van der Waals surface area contributed by atoms with Crippen molar-refractivity contribution < 1.29 is 9.90 Å². The van der Waals surface area contributed by atoms with Crippen LogP contribution < -0.4 is 0 Å². The summed E-state index contributed by atoms with van der Waals surface area (Å²) in [5, 5.41) is 20.5. The van der Waals surface area contributed by atoms with Gasteiger partial charge in [-0.1, -0.05) is 12.1 Å². The molecule has 0 unspecified atom stereocenters. The summed E-state index contributed by atoms with van der Waals surface area (Å²) < 4.78 is 0. The second-order valence-corrected chi connectivity index (χ2v) is 4.81. The average molecular weight is 255 g/mol. The monoisotopic (exact) mass is 255 g/mol. The van der Waals surface area contributed by atoms with Gasteiger partial charge in [0.05, 0.1) is 0 Å². The number of thiophene rings is 1. The third-order valence-electron chi connectivity index (χ3n) is 2.86. The predicted octanol–water partition coefficient (Wildman–Crippen LogP) is 3.69. The van der Waals surface area contributed by atoms with Crippen molar-refractivity contribution >= 4 is 22.9 Å². The van der Waals surface area contributed by atoms with Crippen molar-refractivity contribution in [2.24, 2.45) is 0 Å². The Bertz CT molecular complexity index is 724. The zero-order valence-electron chi connectivity index (χ0n) is 9.12. The largest absolute Gasteiger partial charge is 0.501 e. The molecule has 3 rings (SSSR count). The minimum atomic E-state index is -0.456. The lowest BCUT2D eigenvalue weighted by Gasteiger charge is -2.01. The van der Waals surface area contributed by atoms with Crippen LogP contribution >= 0.6 is 11.3 Å².